The van der Waals surface area contributed by atoms with Crippen LogP contribution in [0.1, 0.15) is 18.1 Å². The van der Waals surface area contributed by atoms with E-state index in [1.54, 1.807) is 18.2 Å². The fraction of sp³-hybridized carbons (Fsp3) is 0.182. The normalized spacial score (nSPS) is 10.8. The van der Waals surface area contributed by atoms with Crippen LogP contribution in [0, 0.1) is 5.82 Å². The molecule has 0 amide bonds. The third-order valence-electron chi connectivity index (χ3n) is 4.27. The van der Waals surface area contributed by atoms with Crippen molar-refractivity contribution in [2.45, 2.75) is 20.1 Å². The minimum Gasteiger partial charge on any atom is -0.505 e. The Balaban J connectivity index is 1.78. The standard InChI is InChI=1S/C22H18BrCl3FNO3/c1-2-30-20-6-12(10-28-15-8-18(25)21(29)19(26)9-15)5-16(23)22(20)31-11-13-3-4-14(27)7-17(13)24/h3-9,28-29H,2,10-11H2,1H3. The monoisotopic (exact) mass is 547 g/mol. The molecule has 9 heteroatoms. The quantitative estimate of drug-likeness (QED) is 0.281. The van der Waals surface area contributed by atoms with Gasteiger partial charge in [-0.05, 0) is 64.8 Å². The van der Waals surface area contributed by atoms with Crippen molar-refractivity contribution in [3.63, 3.8) is 0 Å². The van der Waals surface area contributed by atoms with Crippen molar-refractivity contribution >= 4 is 56.4 Å². The van der Waals surface area contributed by atoms with E-state index in [1.807, 2.05) is 19.1 Å². The largest absolute Gasteiger partial charge is 0.505 e. The van der Waals surface area contributed by atoms with Crippen LogP contribution in [0.3, 0.4) is 0 Å². The van der Waals surface area contributed by atoms with Crippen LogP contribution in [-0.2, 0) is 13.2 Å². The van der Waals surface area contributed by atoms with E-state index in [-0.39, 0.29) is 22.4 Å². The van der Waals surface area contributed by atoms with Crippen molar-refractivity contribution in [1.82, 2.24) is 0 Å². The maximum atomic E-state index is 13.3. The van der Waals surface area contributed by atoms with Gasteiger partial charge in [0.15, 0.2) is 17.2 Å². The third-order valence-corrected chi connectivity index (χ3v) is 5.79. The van der Waals surface area contributed by atoms with Gasteiger partial charge in [-0.2, -0.15) is 0 Å². The van der Waals surface area contributed by atoms with Gasteiger partial charge < -0.3 is 19.9 Å². The summed E-state index contributed by atoms with van der Waals surface area (Å²) in [4.78, 5) is 0. The van der Waals surface area contributed by atoms with E-state index in [2.05, 4.69) is 21.2 Å². The first-order valence-corrected chi connectivity index (χ1v) is 11.1. The Hall–Kier alpha value is -1.86. The number of phenols is 1. The minimum absolute atomic E-state index is 0.153. The summed E-state index contributed by atoms with van der Waals surface area (Å²) in [6.45, 7) is 2.92. The molecular formula is C22H18BrCl3FNO3. The van der Waals surface area contributed by atoms with Gasteiger partial charge in [0.25, 0.3) is 0 Å². The van der Waals surface area contributed by atoms with Gasteiger partial charge >= 0.3 is 0 Å². The number of nitrogens with one attached hydrogen (secondary N) is 1. The lowest BCUT2D eigenvalue weighted by Crippen LogP contribution is -2.04. The highest BCUT2D eigenvalue weighted by atomic mass is 79.9. The molecule has 4 nitrogen and oxygen atoms in total. The second-order valence-corrected chi connectivity index (χ2v) is 8.58. The summed E-state index contributed by atoms with van der Waals surface area (Å²) in [5.74, 6) is 0.506. The first-order chi connectivity index (χ1) is 14.8. The predicted octanol–water partition coefficient (Wildman–Crippen LogP) is 7.84. The maximum absolute atomic E-state index is 13.3. The Bertz CT molecular complexity index is 1070. The van der Waals surface area contributed by atoms with Crippen molar-refractivity contribution in [2.24, 2.45) is 0 Å². The highest BCUT2D eigenvalue weighted by Crippen LogP contribution is 2.39. The number of hydrogen-bond donors (Lipinski definition) is 2. The highest BCUT2D eigenvalue weighted by Gasteiger charge is 2.14. The van der Waals surface area contributed by atoms with Crippen LogP contribution in [-0.4, -0.2) is 11.7 Å². The molecule has 0 atom stereocenters. The van der Waals surface area contributed by atoms with Gasteiger partial charge in [0.2, 0.25) is 0 Å². The van der Waals surface area contributed by atoms with Gasteiger partial charge in [0.1, 0.15) is 12.4 Å². The lowest BCUT2D eigenvalue weighted by atomic mass is 10.2. The van der Waals surface area contributed by atoms with Crippen LogP contribution in [0.5, 0.6) is 17.2 Å². The second kappa shape index (κ2) is 10.6. The minimum atomic E-state index is -0.405. The summed E-state index contributed by atoms with van der Waals surface area (Å²) < 4.78 is 25.6. The van der Waals surface area contributed by atoms with Crippen LogP contribution in [0.25, 0.3) is 0 Å². The van der Waals surface area contributed by atoms with E-state index in [0.717, 1.165) is 5.56 Å². The van der Waals surface area contributed by atoms with Gasteiger partial charge in [-0.1, -0.05) is 40.9 Å². The Kier molecular flexibility index (Phi) is 8.17. The fourth-order valence-electron chi connectivity index (χ4n) is 2.79. The molecule has 3 aromatic carbocycles. The molecule has 0 aromatic heterocycles. The van der Waals surface area contributed by atoms with E-state index in [4.69, 9.17) is 44.3 Å². The third kappa shape index (κ3) is 6.10. The lowest BCUT2D eigenvalue weighted by Gasteiger charge is -2.17. The van der Waals surface area contributed by atoms with Crippen molar-refractivity contribution in [1.29, 1.82) is 0 Å². The number of hydrogen-bond acceptors (Lipinski definition) is 4. The van der Waals surface area contributed by atoms with E-state index in [1.165, 1.54) is 12.1 Å². The average Bonchev–Trinajstić information content (AvgIpc) is 2.71. The summed E-state index contributed by atoms with van der Waals surface area (Å²) in [6.07, 6.45) is 0. The molecule has 0 aliphatic carbocycles. The fourth-order valence-corrected chi connectivity index (χ4v) is 4.10. The smallest absolute Gasteiger partial charge is 0.175 e. The molecule has 0 unspecified atom stereocenters. The molecule has 0 radical (unpaired) electrons. The summed E-state index contributed by atoms with van der Waals surface area (Å²) in [7, 11) is 0. The molecule has 0 saturated carbocycles. The number of ether oxygens (including phenoxy) is 2. The summed E-state index contributed by atoms with van der Waals surface area (Å²) in [5.41, 5.74) is 2.22. The van der Waals surface area contributed by atoms with Crippen LogP contribution in [0.4, 0.5) is 10.1 Å². The molecule has 0 fully saturated rings. The zero-order valence-electron chi connectivity index (χ0n) is 16.3. The molecule has 0 aliphatic rings. The predicted molar refractivity (Wildman–Crippen MR) is 127 cm³/mol. The average molecular weight is 550 g/mol. The summed E-state index contributed by atoms with van der Waals surface area (Å²) in [5, 5.41) is 13.5. The zero-order chi connectivity index (χ0) is 22.5. The molecule has 0 heterocycles. The molecule has 164 valence electrons. The highest BCUT2D eigenvalue weighted by molar-refractivity contribution is 9.10. The number of phenolic OH excluding ortho intramolecular Hbond substituents is 1. The molecule has 0 saturated heterocycles. The Morgan fingerprint density at radius 2 is 1.71 bits per heavy atom. The molecule has 2 N–H and O–H groups in total. The van der Waals surface area contributed by atoms with Crippen LogP contribution in [0.15, 0.2) is 46.9 Å². The van der Waals surface area contributed by atoms with Crippen LogP contribution in [0.2, 0.25) is 15.1 Å². The van der Waals surface area contributed by atoms with Crippen LogP contribution < -0.4 is 14.8 Å². The van der Waals surface area contributed by atoms with E-state index in [0.29, 0.717) is 45.4 Å². The molecule has 0 bridgehead atoms. The van der Waals surface area contributed by atoms with Gasteiger partial charge in [0, 0.05) is 17.8 Å². The molecule has 0 spiro atoms. The molecule has 3 rings (SSSR count). The van der Waals surface area contributed by atoms with Crippen molar-refractivity contribution in [2.75, 3.05) is 11.9 Å². The van der Waals surface area contributed by atoms with Crippen LogP contribution >= 0.6 is 50.7 Å². The van der Waals surface area contributed by atoms with Crippen molar-refractivity contribution in [3.8, 4) is 17.2 Å². The topological polar surface area (TPSA) is 50.7 Å². The second-order valence-electron chi connectivity index (χ2n) is 6.50. The molecule has 31 heavy (non-hydrogen) atoms. The Morgan fingerprint density at radius 1 is 1.00 bits per heavy atom. The summed E-state index contributed by atoms with van der Waals surface area (Å²) in [6, 6.07) is 11.1. The number of rotatable bonds is 8. The lowest BCUT2D eigenvalue weighted by molar-refractivity contribution is 0.267. The van der Waals surface area contributed by atoms with E-state index in [9.17, 15) is 9.50 Å². The summed E-state index contributed by atoms with van der Waals surface area (Å²) >= 11 is 21.6. The number of aromatic hydroxyl groups is 1. The van der Waals surface area contributed by atoms with Gasteiger partial charge in [-0.25, -0.2) is 4.39 Å². The van der Waals surface area contributed by atoms with Crippen molar-refractivity contribution in [3.05, 3.63) is 78.9 Å². The SMILES string of the molecule is CCOc1cc(CNc2cc(Cl)c(O)c(Cl)c2)cc(Br)c1OCc1ccc(F)cc1Cl. The van der Waals surface area contributed by atoms with E-state index < -0.39 is 5.82 Å². The van der Waals surface area contributed by atoms with Crippen molar-refractivity contribution < 1.29 is 19.0 Å². The Morgan fingerprint density at radius 3 is 2.35 bits per heavy atom. The molecular weight excluding hydrogens is 532 g/mol. The molecule has 3 aromatic rings. The number of anilines is 1. The first-order valence-electron chi connectivity index (χ1n) is 9.22. The van der Waals surface area contributed by atoms with Gasteiger partial charge in [-0.15, -0.1) is 0 Å². The molecule has 0 aliphatic heterocycles. The van der Waals surface area contributed by atoms with E-state index >= 15 is 0 Å². The number of benzene rings is 3. The van der Waals surface area contributed by atoms with Gasteiger partial charge in [-0.3, -0.25) is 0 Å². The zero-order valence-corrected chi connectivity index (χ0v) is 20.2. The first kappa shape index (κ1) is 23.8. The Labute approximate surface area is 203 Å². The van der Waals surface area contributed by atoms with Gasteiger partial charge in [0.05, 0.1) is 26.1 Å². The maximum Gasteiger partial charge on any atom is 0.175 e. The number of halogens is 5.